The van der Waals surface area contributed by atoms with Gasteiger partial charge in [0.2, 0.25) is 0 Å². The first-order valence-electron chi connectivity index (χ1n) is 9.04. The van der Waals surface area contributed by atoms with Crippen LogP contribution < -0.4 is 15.6 Å². The van der Waals surface area contributed by atoms with Crippen molar-refractivity contribution in [1.29, 1.82) is 5.26 Å². The second-order valence-electron chi connectivity index (χ2n) is 6.30. The van der Waals surface area contributed by atoms with Gasteiger partial charge in [-0.25, -0.2) is 0 Å². The second kappa shape index (κ2) is 9.67. The molecule has 0 aliphatic heterocycles. The van der Waals surface area contributed by atoms with Crippen LogP contribution in [-0.4, -0.2) is 16.7 Å². The normalized spacial score (nSPS) is 9.90. The molecule has 9 nitrogen and oxygen atoms in total. The van der Waals surface area contributed by atoms with E-state index in [1.165, 1.54) is 30.3 Å². The van der Waals surface area contributed by atoms with Crippen LogP contribution in [0, 0.1) is 21.4 Å². The van der Waals surface area contributed by atoms with Crippen molar-refractivity contribution in [2.45, 2.75) is 6.61 Å². The van der Waals surface area contributed by atoms with Gasteiger partial charge < -0.3 is 4.74 Å². The molecule has 0 aliphatic carbocycles. The predicted molar refractivity (Wildman–Crippen MR) is 110 cm³/mol. The number of amides is 2. The zero-order valence-corrected chi connectivity index (χ0v) is 16.1. The third-order valence-electron chi connectivity index (χ3n) is 4.24. The van der Waals surface area contributed by atoms with Gasteiger partial charge in [0.05, 0.1) is 16.6 Å². The van der Waals surface area contributed by atoms with E-state index >= 15 is 0 Å². The molecule has 3 rings (SSSR count). The highest BCUT2D eigenvalue weighted by Crippen LogP contribution is 2.17. The summed E-state index contributed by atoms with van der Waals surface area (Å²) >= 11 is 0. The minimum Gasteiger partial charge on any atom is -0.489 e. The van der Waals surface area contributed by atoms with Gasteiger partial charge in [-0.3, -0.25) is 30.6 Å². The van der Waals surface area contributed by atoms with E-state index < -0.39 is 16.7 Å². The lowest BCUT2D eigenvalue weighted by Crippen LogP contribution is -2.41. The van der Waals surface area contributed by atoms with Crippen molar-refractivity contribution >= 4 is 17.5 Å². The van der Waals surface area contributed by atoms with Crippen molar-refractivity contribution in [3.05, 3.63) is 105 Å². The molecular weight excluding hydrogens is 400 g/mol. The lowest BCUT2D eigenvalue weighted by molar-refractivity contribution is -0.384. The number of hydrazine groups is 1. The molecule has 0 atom stereocenters. The Balaban J connectivity index is 1.61. The third-order valence-corrected chi connectivity index (χ3v) is 4.24. The number of nitrogens with zero attached hydrogens (tertiary/aromatic N) is 2. The number of rotatable bonds is 6. The molecule has 3 aromatic carbocycles. The van der Waals surface area contributed by atoms with Crippen LogP contribution in [0.4, 0.5) is 5.69 Å². The van der Waals surface area contributed by atoms with Gasteiger partial charge in [-0.05, 0) is 30.3 Å². The maximum Gasteiger partial charge on any atom is 0.270 e. The van der Waals surface area contributed by atoms with Crippen molar-refractivity contribution in [2.24, 2.45) is 0 Å². The van der Waals surface area contributed by atoms with E-state index in [9.17, 15) is 19.7 Å². The maximum atomic E-state index is 12.3. The number of nitro groups is 1. The fourth-order valence-corrected chi connectivity index (χ4v) is 2.66. The summed E-state index contributed by atoms with van der Waals surface area (Å²) in [4.78, 5) is 34.7. The molecule has 3 aromatic rings. The minimum atomic E-state index is -0.697. The molecule has 2 amide bonds. The number of carbonyl (C=O) groups excluding carboxylic acids is 2. The zero-order chi connectivity index (χ0) is 22.2. The van der Waals surface area contributed by atoms with Crippen LogP contribution in [-0.2, 0) is 6.61 Å². The number of hydrogen-bond acceptors (Lipinski definition) is 6. The Hall–Kier alpha value is -4.71. The number of hydrogen-bond donors (Lipinski definition) is 2. The summed E-state index contributed by atoms with van der Waals surface area (Å²) in [5.41, 5.74) is 5.71. The van der Waals surface area contributed by atoms with E-state index in [1.54, 1.807) is 36.4 Å². The molecule has 0 saturated heterocycles. The smallest absolute Gasteiger partial charge is 0.270 e. The van der Waals surface area contributed by atoms with E-state index in [2.05, 4.69) is 16.9 Å². The number of nitro benzene ring substituents is 1. The van der Waals surface area contributed by atoms with Crippen LogP contribution >= 0.6 is 0 Å². The average Bonchev–Trinajstić information content (AvgIpc) is 2.81. The van der Waals surface area contributed by atoms with Crippen molar-refractivity contribution < 1.29 is 19.2 Å². The molecule has 0 saturated carbocycles. The van der Waals surface area contributed by atoms with Crippen LogP contribution in [0.15, 0.2) is 72.8 Å². The van der Waals surface area contributed by atoms with E-state index in [0.717, 1.165) is 6.07 Å². The van der Waals surface area contributed by atoms with Crippen LogP contribution in [0.1, 0.15) is 31.8 Å². The third kappa shape index (κ3) is 5.42. The van der Waals surface area contributed by atoms with E-state index in [4.69, 9.17) is 10.00 Å². The molecule has 0 radical (unpaired) electrons. The predicted octanol–water partition coefficient (Wildman–Crippen LogP) is 3.12. The summed E-state index contributed by atoms with van der Waals surface area (Å²) in [5.74, 6) is -0.885. The standard InChI is InChI=1S/C22H16N4O5/c23-13-17-5-1-2-6-18(17)14-31-20-10-4-8-16(12-20)22(28)25-24-21(27)15-7-3-9-19(11-15)26(29)30/h1-12H,14H2,(H,24,27)(H,25,28). The Morgan fingerprint density at radius 1 is 0.935 bits per heavy atom. The molecule has 0 fully saturated rings. The van der Waals surface area contributed by atoms with Gasteiger partial charge >= 0.3 is 0 Å². The summed E-state index contributed by atoms with van der Waals surface area (Å²) in [5, 5.41) is 19.9. The molecule has 0 spiro atoms. The molecule has 0 aromatic heterocycles. The summed E-state index contributed by atoms with van der Waals surface area (Å²) in [6.45, 7) is 0.151. The molecule has 0 heterocycles. The first-order valence-corrected chi connectivity index (χ1v) is 9.04. The van der Waals surface area contributed by atoms with Gasteiger partial charge in [-0.1, -0.05) is 30.3 Å². The summed E-state index contributed by atoms with van der Waals surface area (Å²) < 4.78 is 5.67. The van der Waals surface area contributed by atoms with E-state index in [-0.39, 0.29) is 23.4 Å². The molecule has 9 heteroatoms. The molecule has 0 unspecified atom stereocenters. The Morgan fingerprint density at radius 3 is 2.26 bits per heavy atom. The van der Waals surface area contributed by atoms with Crippen molar-refractivity contribution in [3.63, 3.8) is 0 Å². The Labute approximate surface area is 177 Å². The number of nitriles is 1. The first-order chi connectivity index (χ1) is 15.0. The molecule has 154 valence electrons. The van der Waals surface area contributed by atoms with Crippen LogP contribution in [0.25, 0.3) is 0 Å². The number of benzene rings is 3. The minimum absolute atomic E-state index is 0.0303. The van der Waals surface area contributed by atoms with Crippen molar-refractivity contribution in [3.8, 4) is 11.8 Å². The molecule has 31 heavy (non-hydrogen) atoms. The topological polar surface area (TPSA) is 134 Å². The largest absolute Gasteiger partial charge is 0.489 e. The number of non-ortho nitro benzene ring substituents is 1. The van der Waals surface area contributed by atoms with Gasteiger partial charge in [0, 0.05) is 28.8 Å². The van der Waals surface area contributed by atoms with E-state index in [0.29, 0.717) is 16.9 Å². The van der Waals surface area contributed by atoms with Crippen LogP contribution in [0.3, 0.4) is 0 Å². The molecular formula is C22H16N4O5. The fraction of sp³-hybridized carbons (Fsp3) is 0.0455. The SMILES string of the molecule is N#Cc1ccccc1COc1cccc(C(=O)NNC(=O)c2cccc([N+](=O)[O-])c2)c1. The van der Waals surface area contributed by atoms with Gasteiger partial charge in [-0.2, -0.15) is 5.26 Å². The summed E-state index contributed by atoms with van der Waals surface area (Å²) in [6, 6.07) is 20.5. The number of ether oxygens (including phenoxy) is 1. The van der Waals surface area contributed by atoms with Gasteiger partial charge in [-0.15, -0.1) is 0 Å². The van der Waals surface area contributed by atoms with Gasteiger partial charge in [0.15, 0.2) is 0 Å². The monoisotopic (exact) mass is 416 g/mol. The summed E-state index contributed by atoms with van der Waals surface area (Å²) in [6.07, 6.45) is 0. The molecule has 2 N–H and O–H groups in total. The average molecular weight is 416 g/mol. The highest BCUT2D eigenvalue weighted by molar-refractivity contribution is 5.99. The van der Waals surface area contributed by atoms with Gasteiger partial charge in [0.1, 0.15) is 12.4 Å². The quantitative estimate of drug-likeness (QED) is 0.468. The van der Waals surface area contributed by atoms with Crippen LogP contribution in [0.2, 0.25) is 0 Å². The first kappa shape index (κ1) is 21.0. The molecule has 0 aliphatic rings. The van der Waals surface area contributed by atoms with Crippen LogP contribution in [0.5, 0.6) is 5.75 Å². The highest BCUT2D eigenvalue weighted by Gasteiger charge is 2.13. The lowest BCUT2D eigenvalue weighted by atomic mass is 10.1. The molecule has 0 bridgehead atoms. The number of nitrogens with one attached hydrogen (secondary N) is 2. The van der Waals surface area contributed by atoms with Crippen molar-refractivity contribution in [1.82, 2.24) is 10.9 Å². The Morgan fingerprint density at radius 2 is 1.58 bits per heavy atom. The summed E-state index contributed by atoms with van der Waals surface area (Å²) in [7, 11) is 0. The Kier molecular flexibility index (Phi) is 6.55. The zero-order valence-electron chi connectivity index (χ0n) is 16.1. The maximum absolute atomic E-state index is 12.3. The lowest BCUT2D eigenvalue weighted by Gasteiger charge is -2.10. The van der Waals surface area contributed by atoms with Crippen molar-refractivity contribution in [2.75, 3.05) is 0 Å². The number of carbonyl (C=O) groups is 2. The Bertz CT molecular complexity index is 1190. The van der Waals surface area contributed by atoms with E-state index in [1.807, 2.05) is 0 Å². The fourth-order valence-electron chi connectivity index (χ4n) is 2.66. The van der Waals surface area contributed by atoms with Gasteiger partial charge in [0.25, 0.3) is 17.5 Å². The second-order valence-corrected chi connectivity index (χ2v) is 6.30. The highest BCUT2D eigenvalue weighted by atomic mass is 16.6.